The number of imide groups is 1. The summed E-state index contributed by atoms with van der Waals surface area (Å²) in [5.41, 5.74) is 1.01. The average molecular weight is 401 g/mol. The molecule has 2 saturated heterocycles. The first-order valence-corrected chi connectivity index (χ1v) is 10.1. The van der Waals surface area contributed by atoms with Crippen molar-refractivity contribution in [3.8, 4) is 0 Å². The third-order valence-corrected chi connectivity index (χ3v) is 6.49. The first-order valence-electron chi connectivity index (χ1n) is 10.1. The Kier molecular flexibility index (Phi) is 4.96. The Labute approximate surface area is 169 Å². The van der Waals surface area contributed by atoms with Crippen molar-refractivity contribution in [2.75, 3.05) is 25.6 Å². The Hall–Kier alpha value is -2.29. The second kappa shape index (κ2) is 7.19. The number of amides is 3. The normalized spacial score (nSPS) is 31.4. The molecule has 0 saturated carbocycles. The zero-order chi connectivity index (χ0) is 20.9. The Morgan fingerprint density at radius 1 is 1.28 bits per heavy atom. The number of hydrogen-bond acceptors (Lipinski definition) is 6. The topological polar surface area (TPSA) is 108 Å². The average Bonchev–Trinajstić information content (AvgIpc) is 3.28. The summed E-state index contributed by atoms with van der Waals surface area (Å²) in [5.74, 6) is -2.71. The molecule has 3 amide bonds. The number of fused-ring (bicyclic) bond motifs is 4. The summed E-state index contributed by atoms with van der Waals surface area (Å²) in [5, 5.41) is 16.5. The first kappa shape index (κ1) is 20.0. The van der Waals surface area contributed by atoms with Crippen LogP contribution in [0.5, 0.6) is 0 Å². The molecule has 0 unspecified atom stereocenters. The highest BCUT2D eigenvalue weighted by Crippen LogP contribution is 2.53. The van der Waals surface area contributed by atoms with E-state index in [1.54, 1.807) is 14.0 Å². The van der Waals surface area contributed by atoms with Crippen LogP contribution in [0.2, 0.25) is 0 Å². The third-order valence-electron chi connectivity index (χ3n) is 6.49. The number of anilines is 1. The second-order valence-corrected chi connectivity index (χ2v) is 8.04. The number of nitrogens with zero attached hydrogens (tertiary/aromatic N) is 1. The summed E-state index contributed by atoms with van der Waals surface area (Å²) < 4.78 is 5.04. The summed E-state index contributed by atoms with van der Waals surface area (Å²) in [6.45, 7) is 4.25. The summed E-state index contributed by atoms with van der Waals surface area (Å²) >= 11 is 0. The van der Waals surface area contributed by atoms with E-state index in [0.29, 0.717) is 24.3 Å². The van der Waals surface area contributed by atoms with Gasteiger partial charge in [0.25, 0.3) is 0 Å². The summed E-state index contributed by atoms with van der Waals surface area (Å²) in [6, 6.07) is 4.94. The number of rotatable bonds is 6. The van der Waals surface area contributed by atoms with Crippen LogP contribution in [0.4, 0.5) is 5.69 Å². The molecule has 1 aromatic carbocycles. The van der Waals surface area contributed by atoms with Crippen LogP contribution in [0.15, 0.2) is 18.2 Å². The lowest BCUT2D eigenvalue weighted by atomic mass is 9.76. The van der Waals surface area contributed by atoms with Gasteiger partial charge in [-0.2, -0.15) is 0 Å². The largest absolute Gasteiger partial charge is 0.392 e. The van der Waals surface area contributed by atoms with Crippen molar-refractivity contribution in [2.24, 2.45) is 11.8 Å². The first-order chi connectivity index (χ1) is 13.9. The number of nitrogens with one attached hydrogen (secondary N) is 2. The van der Waals surface area contributed by atoms with Crippen LogP contribution in [-0.2, 0) is 31.1 Å². The Balaban J connectivity index is 1.82. The predicted octanol–water partition coefficient (Wildman–Crippen LogP) is 0.387. The van der Waals surface area contributed by atoms with E-state index < -0.39 is 29.5 Å². The maximum atomic E-state index is 13.4. The van der Waals surface area contributed by atoms with Crippen LogP contribution in [0.3, 0.4) is 0 Å². The number of ether oxygens (including phenoxy) is 1. The van der Waals surface area contributed by atoms with Crippen LogP contribution in [0.25, 0.3) is 0 Å². The van der Waals surface area contributed by atoms with Gasteiger partial charge in [-0.05, 0) is 25.3 Å². The zero-order valence-corrected chi connectivity index (χ0v) is 16.9. The lowest BCUT2D eigenvalue weighted by Gasteiger charge is -2.30. The fraction of sp³-hybridized carbons (Fsp3) is 0.571. The molecule has 3 heterocycles. The van der Waals surface area contributed by atoms with Crippen molar-refractivity contribution in [1.29, 1.82) is 0 Å². The molecule has 0 bridgehead atoms. The number of carbonyl (C=O) groups excluding carboxylic acids is 3. The lowest BCUT2D eigenvalue weighted by Crippen LogP contribution is -2.54. The molecule has 29 heavy (non-hydrogen) atoms. The fourth-order valence-electron chi connectivity index (χ4n) is 5.18. The van der Waals surface area contributed by atoms with Crippen LogP contribution in [0.1, 0.15) is 31.4 Å². The van der Waals surface area contributed by atoms with E-state index in [1.807, 2.05) is 25.1 Å². The van der Waals surface area contributed by atoms with Gasteiger partial charge >= 0.3 is 0 Å². The minimum absolute atomic E-state index is 0.241. The minimum Gasteiger partial charge on any atom is -0.392 e. The Morgan fingerprint density at radius 3 is 2.69 bits per heavy atom. The predicted molar refractivity (Wildman–Crippen MR) is 105 cm³/mol. The van der Waals surface area contributed by atoms with Gasteiger partial charge in [0.15, 0.2) is 0 Å². The van der Waals surface area contributed by atoms with Crippen molar-refractivity contribution in [1.82, 2.24) is 10.2 Å². The molecule has 2 fully saturated rings. The molecule has 0 aromatic heterocycles. The van der Waals surface area contributed by atoms with E-state index >= 15 is 0 Å². The van der Waals surface area contributed by atoms with E-state index in [9.17, 15) is 19.5 Å². The lowest BCUT2D eigenvalue weighted by molar-refractivity contribution is -0.143. The van der Waals surface area contributed by atoms with Gasteiger partial charge in [0.05, 0.1) is 17.9 Å². The Bertz CT molecular complexity index is 870. The van der Waals surface area contributed by atoms with E-state index in [-0.39, 0.29) is 24.3 Å². The molecular weight excluding hydrogens is 374 g/mol. The molecule has 5 atom stereocenters. The minimum atomic E-state index is -1.35. The summed E-state index contributed by atoms with van der Waals surface area (Å²) in [4.78, 5) is 41.1. The Morgan fingerprint density at radius 2 is 2.03 bits per heavy atom. The molecule has 156 valence electrons. The second-order valence-electron chi connectivity index (χ2n) is 8.04. The van der Waals surface area contributed by atoms with E-state index in [1.165, 1.54) is 4.90 Å². The SMILES string of the molecule is CCc1cccc2c1NC(=O)[C@@]21N[C@@H]([C@H](C)O)[C@H]2C(=O)N(CCCOC)C(=O)[C@H]21. The van der Waals surface area contributed by atoms with Gasteiger partial charge in [0, 0.05) is 37.6 Å². The number of aliphatic hydroxyl groups is 1. The van der Waals surface area contributed by atoms with Gasteiger partial charge in [0.1, 0.15) is 5.54 Å². The number of methoxy groups -OCH3 is 1. The maximum Gasteiger partial charge on any atom is 0.250 e. The molecule has 3 aliphatic heterocycles. The molecule has 0 radical (unpaired) electrons. The molecule has 1 spiro atoms. The number of carbonyl (C=O) groups is 3. The monoisotopic (exact) mass is 401 g/mol. The molecule has 8 heteroatoms. The van der Waals surface area contributed by atoms with Gasteiger partial charge in [0.2, 0.25) is 17.7 Å². The van der Waals surface area contributed by atoms with Crippen LogP contribution >= 0.6 is 0 Å². The van der Waals surface area contributed by atoms with Crippen LogP contribution < -0.4 is 10.6 Å². The molecule has 0 aliphatic carbocycles. The van der Waals surface area contributed by atoms with Crippen molar-refractivity contribution in [2.45, 2.75) is 44.4 Å². The summed E-state index contributed by atoms with van der Waals surface area (Å²) in [6.07, 6.45) is 0.350. The number of benzene rings is 1. The highest BCUT2D eigenvalue weighted by Gasteiger charge is 2.71. The smallest absolute Gasteiger partial charge is 0.250 e. The van der Waals surface area contributed by atoms with Crippen molar-refractivity contribution >= 4 is 23.4 Å². The van der Waals surface area contributed by atoms with Crippen molar-refractivity contribution < 1.29 is 24.2 Å². The van der Waals surface area contributed by atoms with Crippen LogP contribution in [-0.4, -0.2) is 60.1 Å². The number of hydrogen-bond donors (Lipinski definition) is 3. The standard InChI is InChI=1S/C21H27N3O5/c1-4-12-7-5-8-13-17(12)22-20(28)21(13)15-14(16(23-21)11(2)25)18(26)24(19(15)27)9-6-10-29-3/h5,7-8,11,14-16,23,25H,4,6,9-10H2,1-3H3,(H,22,28)/t11-,14-,15-,16-,21+/m0/s1. The third kappa shape index (κ3) is 2.66. The molecule has 4 rings (SSSR count). The molecular formula is C21H27N3O5. The highest BCUT2D eigenvalue weighted by atomic mass is 16.5. The highest BCUT2D eigenvalue weighted by molar-refractivity contribution is 6.15. The van der Waals surface area contributed by atoms with E-state index in [2.05, 4.69) is 10.6 Å². The molecule has 3 aliphatic rings. The number of aryl methyl sites for hydroxylation is 1. The molecule has 8 nitrogen and oxygen atoms in total. The zero-order valence-electron chi connectivity index (χ0n) is 16.9. The van der Waals surface area contributed by atoms with Crippen molar-refractivity contribution in [3.63, 3.8) is 0 Å². The van der Waals surface area contributed by atoms with Gasteiger partial charge in [-0.3, -0.25) is 24.6 Å². The number of para-hydroxylation sites is 1. The van der Waals surface area contributed by atoms with Gasteiger partial charge in [-0.1, -0.05) is 25.1 Å². The molecule has 3 N–H and O–H groups in total. The van der Waals surface area contributed by atoms with Crippen LogP contribution in [0, 0.1) is 11.8 Å². The van der Waals surface area contributed by atoms with Gasteiger partial charge in [-0.15, -0.1) is 0 Å². The van der Waals surface area contributed by atoms with E-state index in [0.717, 1.165) is 12.0 Å². The summed E-state index contributed by atoms with van der Waals surface area (Å²) in [7, 11) is 1.57. The number of likely N-dealkylation sites (tertiary alicyclic amines) is 1. The van der Waals surface area contributed by atoms with Gasteiger partial charge < -0.3 is 15.2 Å². The van der Waals surface area contributed by atoms with Gasteiger partial charge in [-0.25, -0.2) is 0 Å². The quantitative estimate of drug-likeness (QED) is 0.470. The van der Waals surface area contributed by atoms with E-state index in [4.69, 9.17) is 4.74 Å². The maximum absolute atomic E-state index is 13.4. The fourth-order valence-corrected chi connectivity index (χ4v) is 5.18. The number of aliphatic hydroxyl groups excluding tert-OH is 1. The van der Waals surface area contributed by atoms with Crippen molar-refractivity contribution in [3.05, 3.63) is 29.3 Å². The molecule has 1 aromatic rings.